The maximum Gasteiger partial charge on any atom is 0.194 e. The molecule has 3 rings (SSSR count). The van der Waals surface area contributed by atoms with Crippen molar-refractivity contribution in [2.75, 3.05) is 19.6 Å². The summed E-state index contributed by atoms with van der Waals surface area (Å²) in [4.78, 5) is 7.09. The average Bonchev–Trinajstić information content (AvgIpc) is 3.13. The van der Waals surface area contributed by atoms with E-state index < -0.39 is 0 Å². The molecule has 0 radical (unpaired) electrons. The van der Waals surface area contributed by atoms with Gasteiger partial charge in [-0.1, -0.05) is 42.4 Å². The molecule has 0 aliphatic carbocycles. The van der Waals surface area contributed by atoms with Crippen LogP contribution in [0, 0.1) is 5.92 Å². The number of nitrogens with zero attached hydrogens (tertiary/aromatic N) is 3. The van der Waals surface area contributed by atoms with Gasteiger partial charge in [-0.25, -0.2) is 4.99 Å². The molecule has 2 heterocycles. The van der Waals surface area contributed by atoms with Crippen molar-refractivity contribution in [2.24, 2.45) is 10.9 Å². The molecule has 1 fully saturated rings. The van der Waals surface area contributed by atoms with Crippen LogP contribution in [0.15, 0.2) is 52.2 Å². The van der Waals surface area contributed by atoms with Crippen molar-refractivity contribution in [2.45, 2.75) is 32.7 Å². The van der Waals surface area contributed by atoms with Gasteiger partial charge < -0.3 is 14.7 Å². The van der Waals surface area contributed by atoms with Crippen molar-refractivity contribution in [3.63, 3.8) is 0 Å². The molecule has 1 saturated heterocycles. The van der Waals surface area contributed by atoms with Crippen LogP contribution in [0.5, 0.6) is 0 Å². The van der Waals surface area contributed by atoms with E-state index in [-0.39, 0.29) is 0 Å². The molecule has 5 heteroatoms. The molecule has 2 unspecified atom stereocenters. The Balaban J connectivity index is 1.66. The van der Waals surface area contributed by atoms with Gasteiger partial charge in [-0.2, -0.15) is 0 Å². The number of hydrogen-bond acceptors (Lipinski definition) is 3. The summed E-state index contributed by atoms with van der Waals surface area (Å²) in [5.74, 6) is 2.19. The summed E-state index contributed by atoms with van der Waals surface area (Å²) < 4.78 is 4.88. The highest BCUT2D eigenvalue weighted by Crippen LogP contribution is 2.32. The molecular weight excluding hydrogens is 300 g/mol. The molecule has 1 aromatic heterocycles. The molecule has 128 valence electrons. The molecule has 24 heavy (non-hydrogen) atoms. The number of aromatic nitrogens is 1. The minimum Gasteiger partial charge on any atom is -0.364 e. The second kappa shape index (κ2) is 7.99. The van der Waals surface area contributed by atoms with Gasteiger partial charge in [-0.05, 0) is 30.7 Å². The largest absolute Gasteiger partial charge is 0.364 e. The van der Waals surface area contributed by atoms with Gasteiger partial charge in [0.1, 0.15) is 12.0 Å². The maximum absolute atomic E-state index is 4.88. The number of aliphatic imine (C=N–C) groups is 1. The third-order valence-electron chi connectivity index (χ3n) is 4.65. The van der Waals surface area contributed by atoms with Gasteiger partial charge in [0.15, 0.2) is 5.96 Å². The van der Waals surface area contributed by atoms with Crippen molar-refractivity contribution in [3.8, 4) is 0 Å². The van der Waals surface area contributed by atoms with E-state index in [1.54, 1.807) is 6.26 Å². The number of rotatable bonds is 4. The van der Waals surface area contributed by atoms with Gasteiger partial charge >= 0.3 is 0 Å². The van der Waals surface area contributed by atoms with E-state index in [0.29, 0.717) is 18.4 Å². The van der Waals surface area contributed by atoms with Crippen molar-refractivity contribution in [1.29, 1.82) is 0 Å². The Morgan fingerprint density at radius 1 is 1.33 bits per heavy atom. The Bertz CT molecular complexity index is 639. The first-order chi connectivity index (χ1) is 11.8. The van der Waals surface area contributed by atoms with E-state index in [1.165, 1.54) is 5.56 Å². The summed E-state index contributed by atoms with van der Waals surface area (Å²) in [6.45, 7) is 7.89. The second-order valence-corrected chi connectivity index (χ2v) is 6.39. The van der Waals surface area contributed by atoms with Crippen LogP contribution in [0.2, 0.25) is 0 Å². The monoisotopic (exact) mass is 326 g/mol. The summed E-state index contributed by atoms with van der Waals surface area (Å²) >= 11 is 0. The van der Waals surface area contributed by atoms with Crippen molar-refractivity contribution in [1.82, 2.24) is 15.4 Å². The highest BCUT2D eigenvalue weighted by molar-refractivity contribution is 5.80. The Kier molecular flexibility index (Phi) is 5.51. The van der Waals surface area contributed by atoms with Crippen LogP contribution in [0.4, 0.5) is 0 Å². The lowest BCUT2D eigenvalue weighted by molar-refractivity contribution is 0.234. The number of nitrogens with one attached hydrogen (secondary N) is 1. The Morgan fingerprint density at radius 2 is 2.17 bits per heavy atom. The van der Waals surface area contributed by atoms with Gasteiger partial charge in [-0.15, -0.1) is 0 Å². The lowest BCUT2D eigenvalue weighted by Crippen LogP contribution is -2.48. The molecular formula is C19H26N4O. The molecule has 5 nitrogen and oxygen atoms in total. The van der Waals surface area contributed by atoms with Crippen LogP contribution in [-0.2, 0) is 6.54 Å². The standard InChI is InChI=1S/C19H26N4O/c1-3-20-19(21-13-17-10-12-24-22-17)23-11-9-18(15(2)14-23)16-7-5-4-6-8-16/h4-8,10,12,15,18H,3,9,11,13-14H2,1-2H3,(H,20,21). The van der Waals surface area contributed by atoms with Crippen LogP contribution in [0.3, 0.4) is 0 Å². The van der Waals surface area contributed by atoms with Crippen LogP contribution in [0.1, 0.15) is 37.4 Å². The summed E-state index contributed by atoms with van der Waals surface area (Å²) in [6.07, 6.45) is 2.74. The molecule has 0 bridgehead atoms. The summed E-state index contributed by atoms with van der Waals surface area (Å²) in [6, 6.07) is 12.7. The third kappa shape index (κ3) is 3.96. The molecule has 1 aromatic carbocycles. The first kappa shape index (κ1) is 16.6. The van der Waals surface area contributed by atoms with Crippen LogP contribution in [-0.4, -0.2) is 35.7 Å². The fourth-order valence-electron chi connectivity index (χ4n) is 3.43. The van der Waals surface area contributed by atoms with E-state index in [0.717, 1.165) is 37.7 Å². The van der Waals surface area contributed by atoms with Gasteiger partial charge in [0.2, 0.25) is 0 Å². The normalized spacial score (nSPS) is 21.8. The minimum atomic E-state index is 0.547. The zero-order valence-corrected chi connectivity index (χ0v) is 14.5. The highest BCUT2D eigenvalue weighted by atomic mass is 16.5. The first-order valence-electron chi connectivity index (χ1n) is 8.75. The lowest BCUT2D eigenvalue weighted by Gasteiger charge is -2.39. The summed E-state index contributed by atoms with van der Waals surface area (Å²) in [5, 5.41) is 7.34. The van der Waals surface area contributed by atoms with E-state index in [9.17, 15) is 0 Å². The number of likely N-dealkylation sites (tertiary alicyclic amines) is 1. The van der Waals surface area contributed by atoms with Crippen molar-refractivity contribution >= 4 is 5.96 Å². The van der Waals surface area contributed by atoms with E-state index >= 15 is 0 Å². The van der Waals surface area contributed by atoms with Gasteiger partial charge in [0, 0.05) is 25.7 Å². The van der Waals surface area contributed by atoms with Gasteiger partial charge in [0.25, 0.3) is 0 Å². The van der Waals surface area contributed by atoms with Crippen LogP contribution < -0.4 is 5.32 Å². The molecule has 1 N–H and O–H groups in total. The zero-order valence-electron chi connectivity index (χ0n) is 14.5. The quantitative estimate of drug-likeness (QED) is 0.692. The number of piperidine rings is 1. The number of benzene rings is 1. The first-order valence-corrected chi connectivity index (χ1v) is 8.75. The molecule has 1 aliphatic rings. The number of guanidine groups is 1. The van der Waals surface area contributed by atoms with Crippen LogP contribution >= 0.6 is 0 Å². The second-order valence-electron chi connectivity index (χ2n) is 6.39. The summed E-state index contributed by atoms with van der Waals surface area (Å²) in [7, 11) is 0. The van der Waals surface area contributed by atoms with Gasteiger partial charge in [0.05, 0.1) is 6.54 Å². The average molecular weight is 326 g/mol. The fourth-order valence-corrected chi connectivity index (χ4v) is 3.43. The topological polar surface area (TPSA) is 53.7 Å². The van der Waals surface area contributed by atoms with Gasteiger partial charge in [-0.3, -0.25) is 0 Å². The SMILES string of the molecule is CCNC(=NCc1ccon1)N1CCC(c2ccccc2)C(C)C1. The van der Waals surface area contributed by atoms with Crippen LogP contribution in [0.25, 0.3) is 0 Å². The molecule has 0 amide bonds. The fraction of sp³-hybridized carbons (Fsp3) is 0.474. The molecule has 0 spiro atoms. The molecule has 2 aromatic rings. The summed E-state index contributed by atoms with van der Waals surface area (Å²) in [5.41, 5.74) is 2.31. The smallest absolute Gasteiger partial charge is 0.194 e. The molecule has 0 saturated carbocycles. The molecule has 1 aliphatic heterocycles. The highest BCUT2D eigenvalue weighted by Gasteiger charge is 2.28. The minimum absolute atomic E-state index is 0.547. The maximum atomic E-state index is 4.88. The number of hydrogen-bond donors (Lipinski definition) is 1. The van der Waals surface area contributed by atoms with E-state index in [4.69, 9.17) is 9.52 Å². The zero-order chi connectivity index (χ0) is 16.8. The molecule has 2 atom stereocenters. The Morgan fingerprint density at radius 3 is 2.83 bits per heavy atom. The predicted octanol–water partition coefficient (Wildman–Crippen LogP) is 3.27. The van der Waals surface area contributed by atoms with Crippen molar-refractivity contribution in [3.05, 3.63) is 53.9 Å². The third-order valence-corrected chi connectivity index (χ3v) is 4.65. The predicted molar refractivity (Wildman–Crippen MR) is 95.9 cm³/mol. The van der Waals surface area contributed by atoms with E-state index in [2.05, 4.69) is 59.6 Å². The van der Waals surface area contributed by atoms with E-state index in [1.807, 2.05) is 6.07 Å². The lowest BCUT2D eigenvalue weighted by atomic mass is 9.82. The Labute approximate surface area is 143 Å². The van der Waals surface area contributed by atoms with Crippen molar-refractivity contribution < 1.29 is 4.52 Å². The Hall–Kier alpha value is -2.30.